The summed E-state index contributed by atoms with van der Waals surface area (Å²) in [6.07, 6.45) is 8.39. The van der Waals surface area contributed by atoms with Crippen LogP contribution < -0.4 is 11.1 Å². The Kier molecular flexibility index (Phi) is 9.69. The topological polar surface area (TPSA) is 92.4 Å². The minimum atomic E-state index is -2.68. The summed E-state index contributed by atoms with van der Waals surface area (Å²) in [4.78, 5) is 11.9. The molecule has 0 heterocycles. The van der Waals surface area contributed by atoms with Crippen LogP contribution in [0, 0.1) is 11.8 Å². The molecule has 148 valence electrons. The lowest BCUT2D eigenvalue weighted by atomic mass is 9.84. The second-order valence-electron chi connectivity index (χ2n) is 8.10. The number of carbonyl (C=O) groups is 1. The number of aliphatic hydroxyl groups excluding tert-OH is 1. The molecule has 25 heavy (non-hydrogen) atoms. The zero-order valence-corrected chi connectivity index (χ0v) is 17.4. The molecule has 0 saturated heterocycles. The maximum Gasteiger partial charge on any atom is 0.234 e. The van der Waals surface area contributed by atoms with Crippen LogP contribution in [0.25, 0.3) is 0 Å². The van der Waals surface area contributed by atoms with E-state index in [1.54, 1.807) is 0 Å². The van der Waals surface area contributed by atoms with E-state index in [-0.39, 0.29) is 6.04 Å². The summed E-state index contributed by atoms with van der Waals surface area (Å²) in [6.45, 7) is 7.86. The number of nitrogens with one attached hydrogen (secondary N) is 1. The number of carbonyl (C=O) groups excluding carboxylic acids is 1. The van der Waals surface area contributed by atoms with E-state index < -0.39 is 24.9 Å². The van der Waals surface area contributed by atoms with Crippen molar-refractivity contribution in [3.8, 4) is 0 Å². The van der Waals surface area contributed by atoms with Crippen molar-refractivity contribution in [3.63, 3.8) is 0 Å². The molecule has 1 rings (SSSR count). The quantitative estimate of drug-likeness (QED) is 0.482. The van der Waals surface area contributed by atoms with Gasteiger partial charge in [-0.2, -0.15) is 0 Å². The fraction of sp³-hybridized carbons (Fsp3) is 0.947. The summed E-state index contributed by atoms with van der Waals surface area (Å²) in [5, 5.41) is 14.3. The van der Waals surface area contributed by atoms with Gasteiger partial charge in [-0.25, -0.2) is 0 Å². The zero-order valence-electron chi connectivity index (χ0n) is 16.5. The first kappa shape index (κ1) is 22.7. The summed E-state index contributed by atoms with van der Waals surface area (Å²) in [7, 11) is -2.68. The number of hydrogen-bond acceptors (Lipinski definition) is 4. The molecule has 6 heteroatoms. The van der Waals surface area contributed by atoms with Crippen LogP contribution >= 0.6 is 7.14 Å². The average molecular weight is 375 g/mol. The number of rotatable bonds is 11. The highest BCUT2D eigenvalue weighted by atomic mass is 31.2. The second kappa shape index (κ2) is 10.7. The Morgan fingerprint density at radius 1 is 1.20 bits per heavy atom. The second-order valence-corrected chi connectivity index (χ2v) is 11.8. The van der Waals surface area contributed by atoms with Crippen LogP contribution in [0.4, 0.5) is 0 Å². The Hall–Kier alpha value is -0.380. The van der Waals surface area contributed by atoms with Crippen molar-refractivity contribution >= 4 is 13.0 Å². The van der Waals surface area contributed by atoms with Crippen molar-refractivity contribution in [3.05, 3.63) is 0 Å². The fourth-order valence-electron chi connectivity index (χ4n) is 3.98. The lowest BCUT2D eigenvalue weighted by Crippen LogP contribution is -2.52. The SMILES string of the molecule is CCP(=O)(CC)C(O)[C@H](CC1CCCCC1)N[C@@H](CC(C)C)C(N)=O. The average Bonchev–Trinajstić information content (AvgIpc) is 2.59. The van der Waals surface area contributed by atoms with Crippen LogP contribution in [-0.2, 0) is 9.36 Å². The predicted molar refractivity (Wildman–Crippen MR) is 105 cm³/mol. The minimum Gasteiger partial charge on any atom is -0.384 e. The van der Waals surface area contributed by atoms with E-state index in [4.69, 9.17) is 5.73 Å². The number of aliphatic hydroxyl groups is 1. The van der Waals surface area contributed by atoms with Gasteiger partial charge in [-0.1, -0.05) is 59.8 Å². The van der Waals surface area contributed by atoms with Crippen molar-refractivity contribution < 1.29 is 14.5 Å². The first-order valence-electron chi connectivity index (χ1n) is 10.0. The molecule has 4 N–H and O–H groups in total. The molecular weight excluding hydrogens is 335 g/mol. The molecular formula is C19H39N2O3P. The molecule has 1 aliphatic rings. The zero-order chi connectivity index (χ0) is 19.0. The molecule has 0 aliphatic heterocycles. The molecule has 1 aliphatic carbocycles. The Balaban J connectivity index is 2.95. The lowest BCUT2D eigenvalue weighted by Gasteiger charge is -2.35. The van der Waals surface area contributed by atoms with Gasteiger partial charge in [-0.3, -0.25) is 10.1 Å². The molecule has 3 atom stereocenters. The normalized spacial score (nSPS) is 20.4. The fourth-order valence-corrected chi connectivity index (χ4v) is 6.04. The summed E-state index contributed by atoms with van der Waals surface area (Å²) < 4.78 is 13.1. The molecule has 0 aromatic rings. The Morgan fingerprint density at radius 2 is 1.76 bits per heavy atom. The highest BCUT2D eigenvalue weighted by molar-refractivity contribution is 7.64. The van der Waals surface area contributed by atoms with E-state index in [1.807, 2.05) is 27.7 Å². The van der Waals surface area contributed by atoms with Crippen LogP contribution in [0.15, 0.2) is 0 Å². The monoisotopic (exact) mass is 374 g/mol. The van der Waals surface area contributed by atoms with Crippen LogP contribution in [-0.4, -0.2) is 41.3 Å². The van der Waals surface area contributed by atoms with Gasteiger partial charge < -0.3 is 15.4 Å². The molecule has 0 spiro atoms. The maximum atomic E-state index is 13.1. The van der Waals surface area contributed by atoms with Gasteiger partial charge in [0.2, 0.25) is 5.91 Å². The van der Waals surface area contributed by atoms with E-state index in [9.17, 15) is 14.5 Å². The molecule has 1 saturated carbocycles. The third kappa shape index (κ3) is 7.03. The molecule has 0 radical (unpaired) electrons. The molecule has 1 amide bonds. The third-order valence-corrected chi connectivity index (χ3v) is 9.16. The molecule has 0 aromatic carbocycles. The van der Waals surface area contributed by atoms with Gasteiger partial charge in [0.1, 0.15) is 13.0 Å². The number of nitrogens with two attached hydrogens (primary N) is 1. The summed E-state index contributed by atoms with van der Waals surface area (Å²) in [6, 6.07) is -0.810. The van der Waals surface area contributed by atoms with E-state index in [0.29, 0.717) is 30.6 Å². The molecule has 0 bridgehead atoms. The van der Waals surface area contributed by atoms with Gasteiger partial charge in [-0.15, -0.1) is 0 Å². The molecule has 1 fully saturated rings. The molecule has 1 unspecified atom stereocenters. The summed E-state index contributed by atoms with van der Waals surface area (Å²) in [5.41, 5.74) is 5.59. The van der Waals surface area contributed by atoms with Gasteiger partial charge in [0.05, 0.1) is 6.04 Å². The van der Waals surface area contributed by atoms with Crippen LogP contribution in [0.5, 0.6) is 0 Å². The Morgan fingerprint density at radius 3 is 2.20 bits per heavy atom. The van der Waals surface area contributed by atoms with E-state index in [2.05, 4.69) is 5.32 Å². The lowest BCUT2D eigenvalue weighted by molar-refractivity contribution is -0.120. The van der Waals surface area contributed by atoms with E-state index >= 15 is 0 Å². The van der Waals surface area contributed by atoms with Crippen LogP contribution in [0.3, 0.4) is 0 Å². The third-order valence-electron chi connectivity index (χ3n) is 5.69. The number of hydrogen-bond donors (Lipinski definition) is 3. The van der Waals surface area contributed by atoms with Gasteiger partial charge >= 0.3 is 0 Å². The number of amides is 1. The minimum absolute atomic E-state index is 0.321. The predicted octanol–water partition coefficient (Wildman–Crippen LogP) is 3.54. The van der Waals surface area contributed by atoms with Crippen molar-refractivity contribution in [2.45, 2.75) is 90.6 Å². The van der Waals surface area contributed by atoms with E-state index in [0.717, 1.165) is 19.3 Å². The van der Waals surface area contributed by atoms with Gasteiger partial charge in [0.15, 0.2) is 0 Å². The Bertz CT molecular complexity index is 442. The smallest absolute Gasteiger partial charge is 0.234 e. The summed E-state index contributed by atoms with van der Waals surface area (Å²) in [5.74, 6) is -0.451. The standard InChI is InChI=1S/C19H39N2O3P/c1-5-25(24,6-2)19(23)17(13-15-10-8-7-9-11-15)21-16(18(20)22)12-14(3)4/h14-17,19,21,23H,5-13H2,1-4H3,(H2,20,22)/t16-,17-,19?/m0/s1. The first-order chi connectivity index (χ1) is 11.7. The van der Waals surface area contributed by atoms with Crippen LogP contribution in [0.1, 0.15) is 72.6 Å². The summed E-state index contributed by atoms with van der Waals surface area (Å²) >= 11 is 0. The van der Waals surface area contributed by atoms with Gasteiger partial charge in [0, 0.05) is 18.4 Å². The van der Waals surface area contributed by atoms with E-state index in [1.165, 1.54) is 19.3 Å². The van der Waals surface area contributed by atoms with Crippen molar-refractivity contribution in [2.75, 3.05) is 12.3 Å². The molecule has 0 aromatic heterocycles. The van der Waals surface area contributed by atoms with Crippen molar-refractivity contribution in [1.29, 1.82) is 0 Å². The highest BCUT2D eigenvalue weighted by Gasteiger charge is 2.37. The van der Waals surface area contributed by atoms with Crippen molar-refractivity contribution in [1.82, 2.24) is 5.32 Å². The largest absolute Gasteiger partial charge is 0.384 e. The number of primary amides is 1. The molecule has 5 nitrogen and oxygen atoms in total. The van der Waals surface area contributed by atoms with Crippen LogP contribution in [0.2, 0.25) is 0 Å². The van der Waals surface area contributed by atoms with Gasteiger partial charge in [0.25, 0.3) is 0 Å². The first-order valence-corrected chi connectivity index (χ1v) is 12.2. The maximum absolute atomic E-state index is 13.1. The van der Waals surface area contributed by atoms with Crippen molar-refractivity contribution in [2.24, 2.45) is 17.6 Å². The Labute approximate surface area is 153 Å². The van der Waals surface area contributed by atoms with Gasteiger partial charge in [-0.05, 0) is 24.7 Å². The highest BCUT2D eigenvalue weighted by Crippen LogP contribution is 2.51.